The molecular weight excluding hydrogens is 235 g/mol. The van der Waals surface area contributed by atoms with Gasteiger partial charge in [0.15, 0.2) is 0 Å². The molecule has 5 nitrogen and oxygen atoms in total. The maximum atomic E-state index is 12.9. The Morgan fingerprint density at radius 3 is 3.00 bits per heavy atom. The summed E-state index contributed by atoms with van der Waals surface area (Å²) in [6, 6.07) is 5.14. The van der Waals surface area contributed by atoms with Gasteiger partial charge in [0.25, 0.3) is 0 Å². The minimum atomic E-state index is -0.394. The number of aromatic nitrogens is 2. The van der Waals surface area contributed by atoms with Crippen LogP contribution >= 0.6 is 0 Å². The molecule has 0 aliphatic heterocycles. The van der Waals surface area contributed by atoms with Gasteiger partial charge in [0.05, 0.1) is 12.2 Å². The fourth-order valence-electron chi connectivity index (χ4n) is 1.51. The molecule has 3 N–H and O–H groups in total. The molecule has 2 rings (SSSR count). The Morgan fingerprint density at radius 2 is 2.33 bits per heavy atom. The van der Waals surface area contributed by atoms with Gasteiger partial charge in [-0.15, -0.1) is 0 Å². The summed E-state index contributed by atoms with van der Waals surface area (Å²) in [6.07, 6.45) is 3.33. The van der Waals surface area contributed by atoms with Gasteiger partial charge in [-0.1, -0.05) is 6.07 Å². The molecule has 0 aliphatic rings. The standard InChI is InChI=1S/C12H13FN4O/c1-8(9-6-14-15-7-9)16-12(18)17-11-4-2-3-10(13)5-11/h2-8H,1H3,(H,14,15)(H2,16,17,18). The summed E-state index contributed by atoms with van der Waals surface area (Å²) < 4.78 is 12.9. The van der Waals surface area contributed by atoms with E-state index in [1.54, 1.807) is 18.5 Å². The maximum absolute atomic E-state index is 12.9. The minimum Gasteiger partial charge on any atom is -0.331 e. The van der Waals surface area contributed by atoms with Crippen LogP contribution in [0.15, 0.2) is 36.7 Å². The molecule has 6 heteroatoms. The average molecular weight is 248 g/mol. The third-order valence-corrected chi connectivity index (χ3v) is 2.45. The van der Waals surface area contributed by atoms with E-state index in [1.807, 2.05) is 6.92 Å². The van der Waals surface area contributed by atoms with Crippen LogP contribution in [0.4, 0.5) is 14.9 Å². The topological polar surface area (TPSA) is 69.8 Å². The SMILES string of the molecule is CC(NC(=O)Nc1cccc(F)c1)c1cn[nH]c1. The van der Waals surface area contributed by atoms with Crippen LogP contribution in [-0.2, 0) is 0 Å². The lowest BCUT2D eigenvalue weighted by molar-refractivity contribution is 0.249. The first-order chi connectivity index (χ1) is 8.65. The normalized spacial score (nSPS) is 11.9. The van der Waals surface area contributed by atoms with Crippen LogP contribution < -0.4 is 10.6 Å². The highest BCUT2D eigenvalue weighted by Crippen LogP contribution is 2.11. The molecule has 0 saturated carbocycles. The van der Waals surface area contributed by atoms with E-state index in [9.17, 15) is 9.18 Å². The first-order valence-electron chi connectivity index (χ1n) is 5.47. The fraction of sp³-hybridized carbons (Fsp3) is 0.167. The number of carbonyl (C=O) groups excluding carboxylic acids is 1. The monoisotopic (exact) mass is 248 g/mol. The number of urea groups is 1. The molecule has 0 bridgehead atoms. The lowest BCUT2D eigenvalue weighted by atomic mass is 10.2. The number of hydrogen-bond donors (Lipinski definition) is 3. The summed E-state index contributed by atoms with van der Waals surface area (Å²) in [4.78, 5) is 11.7. The largest absolute Gasteiger partial charge is 0.331 e. The Kier molecular flexibility index (Phi) is 3.57. The van der Waals surface area contributed by atoms with E-state index in [-0.39, 0.29) is 6.04 Å². The zero-order valence-corrected chi connectivity index (χ0v) is 9.77. The van der Waals surface area contributed by atoms with Gasteiger partial charge in [0.2, 0.25) is 0 Å². The average Bonchev–Trinajstić information content (AvgIpc) is 2.81. The van der Waals surface area contributed by atoms with Gasteiger partial charge >= 0.3 is 6.03 Å². The number of aromatic amines is 1. The Hall–Kier alpha value is -2.37. The lowest BCUT2D eigenvalue weighted by Crippen LogP contribution is -2.31. The van der Waals surface area contributed by atoms with E-state index in [0.717, 1.165) is 5.56 Å². The van der Waals surface area contributed by atoms with Gasteiger partial charge in [-0.25, -0.2) is 9.18 Å². The maximum Gasteiger partial charge on any atom is 0.319 e. The minimum absolute atomic E-state index is 0.183. The third kappa shape index (κ3) is 3.07. The zero-order chi connectivity index (χ0) is 13.0. The number of anilines is 1. The molecule has 1 atom stereocenters. The summed E-state index contributed by atoms with van der Waals surface area (Å²) >= 11 is 0. The summed E-state index contributed by atoms with van der Waals surface area (Å²) in [6.45, 7) is 1.83. The van der Waals surface area contributed by atoms with Crippen molar-refractivity contribution in [2.75, 3.05) is 5.32 Å². The van der Waals surface area contributed by atoms with Crippen LogP contribution in [0.5, 0.6) is 0 Å². The number of amides is 2. The van der Waals surface area contributed by atoms with Gasteiger partial charge in [0.1, 0.15) is 5.82 Å². The molecule has 1 aromatic carbocycles. The van der Waals surface area contributed by atoms with Crippen LogP contribution in [0.1, 0.15) is 18.5 Å². The van der Waals surface area contributed by atoms with Crippen molar-refractivity contribution >= 4 is 11.7 Å². The first kappa shape index (κ1) is 12.1. The second-order valence-electron chi connectivity index (χ2n) is 3.86. The number of nitrogens with zero attached hydrogens (tertiary/aromatic N) is 1. The highest BCUT2D eigenvalue weighted by Gasteiger charge is 2.10. The van der Waals surface area contributed by atoms with Crippen molar-refractivity contribution in [1.82, 2.24) is 15.5 Å². The molecule has 2 aromatic rings. The molecule has 0 saturated heterocycles. The van der Waals surface area contributed by atoms with E-state index < -0.39 is 11.8 Å². The number of H-pyrrole nitrogens is 1. The number of carbonyl (C=O) groups is 1. The summed E-state index contributed by atoms with van der Waals surface area (Å²) in [7, 11) is 0. The quantitative estimate of drug-likeness (QED) is 0.780. The summed E-state index contributed by atoms with van der Waals surface area (Å²) in [5, 5.41) is 11.7. The van der Waals surface area contributed by atoms with Gasteiger partial charge in [-0.3, -0.25) is 5.10 Å². The van der Waals surface area contributed by atoms with E-state index in [2.05, 4.69) is 20.8 Å². The molecular formula is C12H13FN4O. The van der Waals surface area contributed by atoms with Crippen molar-refractivity contribution in [1.29, 1.82) is 0 Å². The third-order valence-electron chi connectivity index (χ3n) is 2.45. The second kappa shape index (κ2) is 5.31. The van der Waals surface area contributed by atoms with Crippen molar-refractivity contribution in [3.05, 3.63) is 48.0 Å². The Balaban J connectivity index is 1.93. The van der Waals surface area contributed by atoms with E-state index in [4.69, 9.17) is 0 Å². The fourth-order valence-corrected chi connectivity index (χ4v) is 1.51. The van der Waals surface area contributed by atoms with Crippen molar-refractivity contribution in [3.63, 3.8) is 0 Å². The molecule has 0 aliphatic carbocycles. The molecule has 2 amide bonds. The molecule has 94 valence electrons. The van der Waals surface area contributed by atoms with E-state index >= 15 is 0 Å². The predicted octanol–water partition coefficient (Wildman–Crippen LogP) is 2.43. The smallest absolute Gasteiger partial charge is 0.319 e. The van der Waals surface area contributed by atoms with Gasteiger partial charge in [-0.05, 0) is 25.1 Å². The number of hydrogen-bond acceptors (Lipinski definition) is 2. The number of halogens is 1. The Morgan fingerprint density at radius 1 is 1.50 bits per heavy atom. The van der Waals surface area contributed by atoms with Crippen LogP contribution in [0.3, 0.4) is 0 Å². The molecule has 0 spiro atoms. The lowest BCUT2D eigenvalue weighted by Gasteiger charge is -2.13. The summed E-state index contributed by atoms with van der Waals surface area (Å²) in [5.41, 5.74) is 1.27. The predicted molar refractivity (Wildman–Crippen MR) is 65.6 cm³/mol. The second-order valence-corrected chi connectivity index (χ2v) is 3.86. The Bertz CT molecular complexity index is 527. The van der Waals surface area contributed by atoms with Gasteiger partial charge in [-0.2, -0.15) is 5.10 Å². The number of rotatable bonds is 3. The van der Waals surface area contributed by atoms with Crippen LogP contribution in [0, 0.1) is 5.82 Å². The van der Waals surface area contributed by atoms with E-state index in [1.165, 1.54) is 18.2 Å². The molecule has 18 heavy (non-hydrogen) atoms. The molecule has 1 heterocycles. The highest BCUT2D eigenvalue weighted by atomic mass is 19.1. The molecule has 0 fully saturated rings. The highest BCUT2D eigenvalue weighted by molar-refractivity contribution is 5.89. The molecule has 1 unspecified atom stereocenters. The van der Waals surface area contributed by atoms with Crippen molar-refractivity contribution < 1.29 is 9.18 Å². The number of nitrogens with one attached hydrogen (secondary N) is 3. The van der Waals surface area contributed by atoms with Gasteiger partial charge in [0, 0.05) is 17.4 Å². The van der Waals surface area contributed by atoms with Crippen molar-refractivity contribution in [2.24, 2.45) is 0 Å². The van der Waals surface area contributed by atoms with E-state index in [0.29, 0.717) is 5.69 Å². The number of benzene rings is 1. The van der Waals surface area contributed by atoms with Crippen LogP contribution in [-0.4, -0.2) is 16.2 Å². The van der Waals surface area contributed by atoms with Crippen LogP contribution in [0.25, 0.3) is 0 Å². The molecule has 1 aromatic heterocycles. The van der Waals surface area contributed by atoms with Gasteiger partial charge < -0.3 is 10.6 Å². The zero-order valence-electron chi connectivity index (χ0n) is 9.77. The molecule has 0 radical (unpaired) electrons. The van der Waals surface area contributed by atoms with Crippen molar-refractivity contribution in [2.45, 2.75) is 13.0 Å². The Labute approximate surface area is 103 Å². The first-order valence-corrected chi connectivity index (χ1v) is 5.47. The van der Waals surface area contributed by atoms with Crippen LogP contribution in [0.2, 0.25) is 0 Å². The van der Waals surface area contributed by atoms with Crippen molar-refractivity contribution in [3.8, 4) is 0 Å². The summed E-state index contributed by atoms with van der Waals surface area (Å²) in [5.74, 6) is -0.393.